The zero-order valence-electron chi connectivity index (χ0n) is 16.1. The van der Waals surface area contributed by atoms with Crippen molar-refractivity contribution in [2.75, 3.05) is 32.2 Å². The SMILES string of the molecule is CCCCCN(C(=O)Nc1ccc(OCCOC)nc1)[C@@H](C)CCC. The molecule has 25 heavy (non-hydrogen) atoms. The van der Waals surface area contributed by atoms with Crippen molar-refractivity contribution < 1.29 is 14.3 Å². The Morgan fingerprint density at radius 2 is 2.04 bits per heavy atom. The first-order chi connectivity index (χ1) is 12.1. The minimum Gasteiger partial charge on any atom is -0.475 e. The molecule has 2 amide bonds. The van der Waals surface area contributed by atoms with E-state index in [2.05, 4.69) is 31.1 Å². The summed E-state index contributed by atoms with van der Waals surface area (Å²) in [6.07, 6.45) is 7.00. The second-order valence-electron chi connectivity index (χ2n) is 6.19. The molecule has 1 N–H and O–H groups in total. The van der Waals surface area contributed by atoms with E-state index in [1.165, 1.54) is 0 Å². The molecule has 1 heterocycles. The number of pyridine rings is 1. The average Bonchev–Trinajstić information content (AvgIpc) is 2.60. The van der Waals surface area contributed by atoms with Crippen LogP contribution < -0.4 is 10.1 Å². The Morgan fingerprint density at radius 1 is 1.24 bits per heavy atom. The number of hydrogen-bond donors (Lipinski definition) is 1. The lowest BCUT2D eigenvalue weighted by Crippen LogP contribution is -2.42. The third kappa shape index (κ3) is 8.20. The van der Waals surface area contributed by atoms with Crippen molar-refractivity contribution >= 4 is 11.7 Å². The standard InChI is InChI=1S/C19H33N3O3/c1-5-7-8-12-22(16(3)9-6-2)19(23)21-17-10-11-18(20-15-17)25-14-13-24-4/h10-11,15-16H,5-9,12-14H2,1-4H3,(H,21,23)/t16-/m0/s1. The number of unbranched alkanes of at least 4 members (excludes halogenated alkanes) is 2. The molecule has 142 valence electrons. The van der Waals surface area contributed by atoms with Crippen molar-refractivity contribution in [2.24, 2.45) is 0 Å². The molecule has 0 bridgehead atoms. The maximum Gasteiger partial charge on any atom is 0.322 e. The molecule has 1 atom stereocenters. The third-order valence-electron chi connectivity index (χ3n) is 4.03. The van der Waals surface area contributed by atoms with Gasteiger partial charge in [0.05, 0.1) is 18.5 Å². The smallest absolute Gasteiger partial charge is 0.322 e. The first-order valence-corrected chi connectivity index (χ1v) is 9.27. The van der Waals surface area contributed by atoms with Gasteiger partial charge in [0.1, 0.15) is 6.61 Å². The van der Waals surface area contributed by atoms with E-state index in [9.17, 15) is 4.79 Å². The molecule has 0 aliphatic rings. The highest BCUT2D eigenvalue weighted by Gasteiger charge is 2.19. The zero-order chi connectivity index (χ0) is 18.5. The van der Waals surface area contributed by atoms with Crippen LogP contribution in [0.4, 0.5) is 10.5 Å². The number of hydrogen-bond acceptors (Lipinski definition) is 4. The van der Waals surface area contributed by atoms with Crippen molar-refractivity contribution in [3.05, 3.63) is 18.3 Å². The summed E-state index contributed by atoms with van der Waals surface area (Å²) in [7, 11) is 1.63. The van der Waals surface area contributed by atoms with Gasteiger partial charge in [0.2, 0.25) is 5.88 Å². The molecule has 6 nitrogen and oxygen atoms in total. The highest BCUT2D eigenvalue weighted by atomic mass is 16.5. The van der Waals surface area contributed by atoms with Gasteiger partial charge in [-0.2, -0.15) is 0 Å². The average molecular weight is 351 g/mol. The second kappa shape index (κ2) is 12.5. The number of ether oxygens (including phenoxy) is 2. The summed E-state index contributed by atoms with van der Waals surface area (Å²) in [5.74, 6) is 0.522. The molecule has 0 fully saturated rings. The summed E-state index contributed by atoms with van der Waals surface area (Å²) >= 11 is 0. The van der Waals surface area contributed by atoms with Gasteiger partial charge in [0, 0.05) is 25.8 Å². The van der Waals surface area contributed by atoms with Crippen molar-refractivity contribution in [2.45, 2.75) is 58.9 Å². The number of carbonyl (C=O) groups excluding carboxylic acids is 1. The number of methoxy groups -OCH3 is 1. The van der Waals surface area contributed by atoms with Gasteiger partial charge in [-0.15, -0.1) is 0 Å². The lowest BCUT2D eigenvalue weighted by atomic mass is 10.1. The summed E-state index contributed by atoms with van der Waals surface area (Å²) in [5, 5.41) is 2.95. The predicted octanol–water partition coefficient (Wildman–Crippen LogP) is 4.32. The normalized spacial score (nSPS) is 11.8. The molecule has 0 aliphatic carbocycles. The largest absolute Gasteiger partial charge is 0.475 e. The molecule has 0 aromatic carbocycles. The minimum atomic E-state index is -0.0631. The molecular weight excluding hydrogens is 318 g/mol. The van der Waals surface area contributed by atoms with Gasteiger partial charge in [-0.3, -0.25) is 0 Å². The van der Waals surface area contributed by atoms with Crippen LogP contribution in [-0.2, 0) is 4.74 Å². The van der Waals surface area contributed by atoms with Gasteiger partial charge in [-0.05, 0) is 25.8 Å². The lowest BCUT2D eigenvalue weighted by Gasteiger charge is -2.29. The number of nitrogens with zero attached hydrogens (tertiary/aromatic N) is 2. The minimum absolute atomic E-state index is 0.0631. The summed E-state index contributed by atoms with van der Waals surface area (Å²) in [5.41, 5.74) is 0.674. The predicted molar refractivity (Wildman–Crippen MR) is 101 cm³/mol. The van der Waals surface area contributed by atoms with Crippen LogP contribution in [0.5, 0.6) is 5.88 Å². The quantitative estimate of drug-likeness (QED) is 0.570. The number of carbonyl (C=O) groups is 1. The molecular formula is C19H33N3O3. The fourth-order valence-electron chi connectivity index (χ4n) is 2.59. The second-order valence-corrected chi connectivity index (χ2v) is 6.19. The molecule has 0 spiro atoms. The van der Waals surface area contributed by atoms with Crippen molar-refractivity contribution in [3.63, 3.8) is 0 Å². The summed E-state index contributed by atoms with van der Waals surface area (Å²) in [4.78, 5) is 18.8. The van der Waals surface area contributed by atoms with Gasteiger partial charge >= 0.3 is 6.03 Å². The lowest BCUT2D eigenvalue weighted by molar-refractivity contribution is 0.144. The van der Waals surface area contributed by atoms with Crippen molar-refractivity contribution in [1.29, 1.82) is 0 Å². The van der Waals surface area contributed by atoms with Crippen molar-refractivity contribution in [3.8, 4) is 5.88 Å². The Labute approximate surface area is 151 Å². The van der Waals surface area contributed by atoms with Crippen LogP contribution in [0.25, 0.3) is 0 Å². The van der Waals surface area contributed by atoms with Gasteiger partial charge in [-0.1, -0.05) is 33.1 Å². The Balaban J connectivity index is 2.61. The molecule has 1 rings (SSSR count). The van der Waals surface area contributed by atoms with Gasteiger partial charge < -0.3 is 19.7 Å². The molecule has 0 saturated heterocycles. The van der Waals surface area contributed by atoms with E-state index >= 15 is 0 Å². The maximum atomic E-state index is 12.7. The molecule has 1 aromatic heterocycles. The highest BCUT2D eigenvalue weighted by Crippen LogP contribution is 2.15. The van der Waals surface area contributed by atoms with E-state index in [-0.39, 0.29) is 12.1 Å². The number of rotatable bonds is 12. The van der Waals surface area contributed by atoms with Crippen LogP contribution in [0, 0.1) is 0 Å². The van der Waals surface area contributed by atoms with Gasteiger partial charge in [0.15, 0.2) is 0 Å². The molecule has 1 aromatic rings. The number of urea groups is 1. The van der Waals surface area contributed by atoms with E-state index in [1.807, 2.05) is 11.0 Å². The Morgan fingerprint density at radius 3 is 2.64 bits per heavy atom. The first-order valence-electron chi connectivity index (χ1n) is 9.27. The Hall–Kier alpha value is -1.82. The monoisotopic (exact) mass is 351 g/mol. The number of aromatic nitrogens is 1. The Bertz CT molecular complexity index is 479. The van der Waals surface area contributed by atoms with E-state index in [0.717, 1.165) is 38.6 Å². The highest BCUT2D eigenvalue weighted by molar-refractivity contribution is 5.89. The maximum absolute atomic E-state index is 12.7. The van der Waals surface area contributed by atoms with E-state index in [1.54, 1.807) is 19.4 Å². The van der Waals surface area contributed by atoms with E-state index < -0.39 is 0 Å². The first kappa shape index (κ1) is 21.2. The Kier molecular flexibility index (Phi) is 10.6. The fraction of sp³-hybridized carbons (Fsp3) is 0.684. The van der Waals surface area contributed by atoms with Crippen LogP contribution >= 0.6 is 0 Å². The third-order valence-corrected chi connectivity index (χ3v) is 4.03. The van der Waals surface area contributed by atoms with Gasteiger partial charge in [-0.25, -0.2) is 9.78 Å². The topological polar surface area (TPSA) is 63.7 Å². The van der Waals surface area contributed by atoms with Crippen molar-refractivity contribution in [1.82, 2.24) is 9.88 Å². The van der Waals surface area contributed by atoms with Crippen LogP contribution in [0.1, 0.15) is 52.9 Å². The fourth-order valence-corrected chi connectivity index (χ4v) is 2.59. The molecule has 6 heteroatoms. The molecule has 0 aliphatic heterocycles. The summed E-state index contributed by atoms with van der Waals surface area (Å²) in [6, 6.07) is 3.72. The van der Waals surface area contributed by atoms with Gasteiger partial charge in [0.25, 0.3) is 0 Å². The molecule has 0 radical (unpaired) electrons. The van der Waals surface area contributed by atoms with E-state index in [0.29, 0.717) is 24.8 Å². The number of nitrogens with one attached hydrogen (secondary N) is 1. The zero-order valence-corrected chi connectivity index (χ0v) is 16.1. The van der Waals surface area contributed by atoms with Crippen LogP contribution in [0.3, 0.4) is 0 Å². The van der Waals surface area contributed by atoms with E-state index in [4.69, 9.17) is 9.47 Å². The number of amides is 2. The number of anilines is 1. The molecule has 0 unspecified atom stereocenters. The van der Waals surface area contributed by atoms with Crippen LogP contribution in [0.2, 0.25) is 0 Å². The molecule has 0 saturated carbocycles. The summed E-state index contributed by atoms with van der Waals surface area (Å²) in [6.45, 7) is 8.18. The van der Waals surface area contributed by atoms with Crippen LogP contribution in [0.15, 0.2) is 18.3 Å². The summed E-state index contributed by atoms with van der Waals surface area (Å²) < 4.78 is 10.4. The van der Waals surface area contributed by atoms with Crippen LogP contribution in [-0.4, -0.2) is 48.8 Å².